The second kappa shape index (κ2) is 7.33. The van der Waals surface area contributed by atoms with E-state index in [1.807, 2.05) is 0 Å². The van der Waals surface area contributed by atoms with Gasteiger partial charge in [-0.05, 0) is 36.2 Å². The summed E-state index contributed by atoms with van der Waals surface area (Å²) in [6.07, 6.45) is 1.00. The maximum absolute atomic E-state index is 13.1. The zero-order valence-electron chi connectivity index (χ0n) is 13.6. The van der Waals surface area contributed by atoms with Gasteiger partial charge in [-0.1, -0.05) is 30.3 Å². The van der Waals surface area contributed by atoms with Crippen molar-refractivity contribution in [3.63, 3.8) is 0 Å². The summed E-state index contributed by atoms with van der Waals surface area (Å²) in [5.41, 5.74) is 0.685. The van der Waals surface area contributed by atoms with Gasteiger partial charge in [-0.25, -0.2) is 12.8 Å². The Bertz CT molecular complexity index is 838. The summed E-state index contributed by atoms with van der Waals surface area (Å²) >= 11 is 0. The molecule has 0 bridgehead atoms. The molecule has 2 aromatic rings. The third-order valence-electron chi connectivity index (χ3n) is 4.16. The van der Waals surface area contributed by atoms with Crippen molar-refractivity contribution in [2.45, 2.75) is 30.3 Å². The number of nitrogens with one attached hydrogen (secondary N) is 1. The zero-order chi connectivity index (χ0) is 17.9. The Hall–Kier alpha value is -2.25. The third-order valence-corrected chi connectivity index (χ3v) is 5.99. The Morgan fingerprint density at radius 1 is 1.08 bits per heavy atom. The molecule has 1 amide bonds. The van der Waals surface area contributed by atoms with Gasteiger partial charge in [0.15, 0.2) is 0 Å². The molecule has 0 radical (unpaired) electrons. The first-order valence-electron chi connectivity index (χ1n) is 8.04. The van der Waals surface area contributed by atoms with Crippen molar-refractivity contribution >= 4 is 15.9 Å². The Morgan fingerprint density at radius 3 is 2.36 bits per heavy atom. The molecule has 0 aliphatic carbocycles. The highest BCUT2D eigenvalue weighted by Gasteiger charge is 2.30. The van der Waals surface area contributed by atoms with Crippen LogP contribution in [0.5, 0.6) is 0 Å². The molecule has 5 nitrogen and oxygen atoms in total. The van der Waals surface area contributed by atoms with Crippen molar-refractivity contribution in [3.05, 3.63) is 66.0 Å². The summed E-state index contributed by atoms with van der Waals surface area (Å²) in [5.74, 6) is -0.437. The van der Waals surface area contributed by atoms with E-state index >= 15 is 0 Å². The first-order valence-corrected chi connectivity index (χ1v) is 9.48. The molecule has 0 unspecified atom stereocenters. The maximum Gasteiger partial charge on any atom is 0.243 e. The largest absolute Gasteiger partial charge is 0.352 e. The molecule has 3 rings (SSSR count). The summed E-state index contributed by atoms with van der Waals surface area (Å²) < 4.78 is 40.5. The van der Waals surface area contributed by atoms with Gasteiger partial charge in [0.1, 0.15) is 5.82 Å². The number of hydrogen-bond donors (Lipinski definition) is 1. The van der Waals surface area contributed by atoms with Crippen LogP contribution in [0.1, 0.15) is 18.4 Å². The van der Waals surface area contributed by atoms with E-state index in [0.29, 0.717) is 18.4 Å². The van der Waals surface area contributed by atoms with Crippen molar-refractivity contribution in [2.75, 3.05) is 6.54 Å². The molecule has 0 aromatic heterocycles. The molecule has 1 heterocycles. The van der Waals surface area contributed by atoms with E-state index in [2.05, 4.69) is 5.32 Å². The standard InChI is InChI=1S/C18H19FN2O3S/c19-15-8-6-14(7-9-15)12-21(13-16-10-11-18(22)20-16)25(23,24)17-4-2-1-3-5-17/h1-9,16H,10-13H2,(H,20,22)/t16-/m0/s1. The van der Waals surface area contributed by atoms with Crippen LogP contribution in [0.15, 0.2) is 59.5 Å². The molecule has 0 saturated carbocycles. The molecule has 0 spiro atoms. The number of halogens is 1. The summed E-state index contributed by atoms with van der Waals surface area (Å²) in [6, 6.07) is 13.7. The van der Waals surface area contributed by atoms with E-state index in [1.54, 1.807) is 42.5 Å². The number of nitrogens with zero attached hydrogens (tertiary/aromatic N) is 1. The van der Waals surface area contributed by atoms with E-state index in [9.17, 15) is 17.6 Å². The molecule has 1 aliphatic heterocycles. The van der Waals surface area contributed by atoms with Crippen molar-refractivity contribution in [1.29, 1.82) is 0 Å². The van der Waals surface area contributed by atoms with Crippen LogP contribution in [0.4, 0.5) is 4.39 Å². The Labute approximate surface area is 146 Å². The van der Waals surface area contributed by atoms with E-state index in [0.717, 1.165) is 0 Å². The first-order chi connectivity index (χ1) is 11.9. The Morgan fingerprint density at radius 2 is 1.76 bits per heavy atom. The van der Waals surface area contributed by atoms with Crippen LogP contribution < -0.4 is 5.32 Å². The van der Waals surface area contributed by atoms with Crippen molar-refractivity contribution < 1.29 is 17.6 Å². The van der Waals surface area contributed by atoms with Crippen LogP contribution in [0.25, 0.3) is 0 Å². The predicted molar refractivity (Wildman–Crippen MR) is 91.6 cm³/mol. The number of rotatable bonds is 6. The van der Waals surface area contributed by atoms with Crippen LogP contribution >= 0.6 is 0 Å². The molecular weight excluding hydrogens is 343 g/mol. The lowest BCUT2D eigenvalue weighted by Gasteiger charge is -2.25. The van der Waals surface area contributed by atoms with Crippen molar-refractivity contribution in [1.82, 2.24) is 9.62 Å². The van der Waals surface area contributed by atoms with E-state index in [1.165, 1.54) is 16.4 Å². The molecule has 1 aliphatic rings. The van der Waals surface area contributed by atoms with Crippen LogP contribution in [-0.4, -0.2) is 31.2 Å². The molecule has 25 heavy (non-hydrogen) atoms. The quantitative estimate of drug-likeness (QED) is 0.857. The minimum Gasteiger partial charge on any atom is -0.352 e. The van der Waals surface area contributed by atoms with Crippen LogP contribution in [-0.2, 0) is 21.4 Å². The number of sulfonamides is 1. The Balaban J connectivity index is 1.87. The highest BCUT2D eigenvalue weighted by Crippen LogP contribution is 2.20. The Kier molecular flexibility index (Phi) is 5.15. The minimum atomic E-state index is -3.73. The molecule has 1 N–H and O–H groups in total. The average molecular weight is 362 g/mol. The number of hydrogen-bond acceptors (Lipinski definition) is 3. The number of benzene rings is 2. The van der Waals surface area contributed by atoms with Gasteiger partial charge in [-0.3, -0.25) is 4.79 Å². The molecule has 1 atom stereocenters. The zero-order valence-corrected chi connectivity index (χ0v) is 14.4. The molecule has 132 valence electrons. The second-order valence-electron chi connectivity index (χ2n) is 6.04. The van der Waals surface area contributed by atoms with Gasteiger partial charge in [0, 0.05) is 25.6 Å². The van der Waals surface area contributed by atoms with Gasteiger partial charge >= 0.3 is 0 Å². The van der Waals surface area contributed by atoms with Crippen LogP contribution in [0, 0.1) is 5.82 Å². The molecule has 1 fully saturated rings. The maximum atomic E-state index is 13.1. The summed E-state index contributed by atoms with van der Waals surface area (Å²) in [4.78, 5) is 11.6. The van der Waals surface area contributed by atoms with E-state index < -0.39 is 10.0 Å². The summed E-state index contributed by atoms with van der Waals surface area (Å²) in [5, 5.41) is 2.80. The lowest BCUT2D eigenvalue weighted by Crippen LogP contribution is -2.41. The number of carbonyl (C=O) groups excluding carboxylic acids is 1. The van der Waals surface area contributed by atoms with Gasteiger partial charge in [-0.2, -0.15) is 4.31 Å². The normalized spacial score (nSPS) is 17.7. The first kappa shape index (κ1) is 17.6. The summed E-state index contributed by atoms with van der Waals surface area (Å²) in [7, 11) is -3.73. The van der Waals surface area contributed by atoms with Crippen molar-refractivity contribution in [3.8, 4) is 0 Å². The van der Waals surface area contributed by atoms with Crippen LogP contribution in [0.3, 0.4) is 0 Å². The summed E-state index contributed by atoms with van der Waals surface area (Å²) in [6.45, 7) is 0.296. The predicted octanol–water partition coefficient (Wildman–Crippen LogP) is 2.30. The monoisotopic (exact) mass is 362 g/mol. The van der Waals surface area contributed by atoms with Gasteiger partial charge < -0.3 is 5.32 Å². The fraction of sp³-hybridized carbons (Fsp3) is 0.278. The molecule has 7 heteroatoms. The molecule has 1 saturated heterocycles. The van der Waals surface area contributed by atoms with E-state index in [-0.39, 0.29) is 35.8 Å². The fourth-order valence-electron chi connectivity index (χ4n) is 2.84. The topological polar surface area (TPSA) is 66.5 Å². The highest BCUT2D eigenvalue weighted by atomic mass is 32.2. The fourth-order valence-corrected chi connectivity index (χ4v) is 4.34. The molecular formula is C18H19FN2O3S. The lowest BCUT2D eigenvalue weighted by atomic mass is 10.2. The minimum absolute atomic E-state index is 0.0659. The van der Waals surface area contributed by atoms with Gasteiger partial charge in [-0.15, -0.1) is 0 Å². The van der Waals surface area contributed by atoms with Gasteiger partial charge in [0.2, 0.25) is 15.9 Å². The van der Waals surface area contributed by atoms with E-state index in [4.69, 9.17) is 0 Å². The highest BCUT2D eigenvalue weighted by molar-refractivity contribution is 7.89. The number of carbonyl (C=O) groups is 1. The smallest absolute Gasteiger partial charge is 0.243 e. The third kappa shape index (κ3) is 4.24. The molecule has 2 aromatic carbocycles. The van der Waals surface area contributed by atoms with Gasteiger partial charge in [0.25, 0.3) is 0 Å². The van der Waals surface area contributed by atoms with Gasteiger partial charge in [0.05, 0.1) is 4.90 Å². The number of amides is 1. The lowest BCUT2D eigenvalue weighted by molar-refractivity contribution is -0.119. The SMILES string of the molecule is O=C1CC[C@@H](CN(Cc2ccc(F)cc2)S(=O)(=O)c2ccccc2)N1. The second-order valence-corrected chi connectivity index (χ2v) is 7.98. The average Bonchev–Trinajstić information content (AvgIpc) is 3.02. The van der Waals surface area contributed by atoms with Crippen molar-refractivity contribution in [2.24, 2.45) is 0 Å². The van der Waals surface area contributed by atoms with Crippen LogP contribution in [0.2, 0.25) is 0 Å².